The Balaban J connectivity index is 1.48. The van der Waals surface area contributed by atoms with E-state index < -0.39 is 28.6 Å². The molecule has 4 heterocycles. The van der Waals surface area contributed by atoms with Crippen LogP contribution >= 0.6 is 0 Å². The van der Waals surface area contributed by atoms with Crippen molar-refractivity contribution in [3.63, 3.8) is 0 Å². The molecule has 44 heavy (non-hydrogen) atoms. The van der Waals surface area contributed by atoms with Crippen molar-refractivity contribution in [1.29, 1.82) is 0 Å². The van der Waals surface area contributed by atoms with Gasteiger partial charge in [0.1, 0.15) is 5.56 Å². The van der Waals surface area contributed by atoms with Gasteiger partial charge in [-0.1, -0.05) is 0 Å². The number of carboxylic acids is 1. The van der Waals surface area contributed by atoms with E-state index in [1.54, 1.807) is 32.6 Å². The average molecular weight is 602 g/mol. The Hall–Kier alpha value is -4.58. The summed E-state index contributed by atoms with van der Waals surface area (Å²) in [6.07, 6.45) is 7.07. The van der Waals surface area contributed by atoms with Crippen molar-refractivity contribution in [2.45, 2.75) is 25.3 Å². The Morgan fingerprint density at radius 1 is 1.09 bits per heavy atom. The lowest BCUT2D eigenvalue weighted by Crippen LogP contribution is -2.35. The van der Waals surface area contributed by atoms with Crippen LogP contribution in [-0.2, 0) is 6.42 Å². The second kappa shape index (κ2) is 10.3. The van der Waals surface area contributed by atoms with Gasteiger partial charge in [-0.3, -0.25) is 9.78 Å². The highest BCUT2D eigenvalue weighted by Crippen LogP contribution is 2.52. The van der Waals surface area contributed by atoms with Crippen molar-refractivity contribution in [2.24, 2.45) is 11.8 Å². The third kappa shape index (κ3) is 4.07. The molecular formula is C32H33F2N7O3. The van der Waals surface area contributed by atoms with Crippen molar-refractivity contribution < 1.29 is 18.7 Å². The Bertz CT molecular complexity index is 1930. The molecule has 2 fully saturated rings. The molecule has 3 aliphatic rings. The average Bonchev–Trinajstić information content (AvgIpc) is 3.71. The number of benzene rings is 1. The number of carboxylic acid groups (broad SMARTS) is 1. The fraction of sp³-hybridized carbons (Fsp3) is 0.375. The summed E-state index contributed by atoms with van der Waals surface area (Å²) in [6.45, 7) is 1.49. The van der Waals surface area contributed by atoms with Crippen LogP contribution in [-0.4, -0.2) is 77.9 Å². The Morgan fingerprint density at radius 2 is 1.89 bits per heavy atom. The van der Waals surface area contributed by atoms with Crippen LogP contribution in [0.15, 0.2) is 35.5 Å². The molecule has 1 saturated heterocycles. The van der Waals surface area contributed by atoms with Gasteiger partial charge in [0.2, 0.25) is 5.43 Å². The number of fused-ring (bicyclic) bond motifs is 5. The molecule has 0 spiro atoms. The number of halogens is 2. The van der Waals surface area contributed by atoms with Crippen LogP contribution in [0, 0.1) is 23.5 Å². The number of nitrogens with one attached hydrogen (secondary N) is 2. The maximum atomic E-state index is 15.8. The fourth-order valence-electron chi connectivity index (χ4n) is 7.72. The highest BCUT2D eigenvalue weighted by molar-refractivity contribution is 5.98. The van der Waals surface area contributed by atoms with Gasteiger partial charge in [-0.05, 0) is 50.4 Å². The summed E-state index contributed by atoms with van der Waals surface area (Å²) in [4.78, 5) is 39.1. The number of hydrogen-bond donors (Lipinski definition) is 3. The van der Waals surface area contributed by atoms with Crippen molar-refractivity contribution >= 4 is 28.4 Å². The van der Waals surface area contributed by atoms with Crippen molar-refractivity contribution in [1.82, 2.24) is 19.5 Å². The zero-order chi connectivity index (χ0) is 31.0. The van der Waals surface area contributed by atoms with Crippen LogP contribution in [0.1, 0.15) is 34.5 Å². The second-order valence-electron chi connectivity index (χ2n) is 12.1. The van der Waals surface area contributed by atoms with Gasteiger partial charge in [0.15, 0.2) is 17.3 Å². The van der Waals surface area contributed by atoms with E-state index in [2.05, 4.69) is 39.6 Å². The first-order chi connectivity index (χ1) is 21.1. The lowest BCUT2D eigenvalue weighted by Gasteiger charge is -2.29. The van der Waals surface area contributed by atoms with Gasteiger partial charge in [-0.25, -0.2) is 23.2 Å². The van der Waals surface area contributed by atoms with Crippen LogP contribution in [0.5, 0.6) is 0 Å². The van der Waals surface area contributed by atoms with Crippen LogP contribution in [0.2, 0.25) is 0 Å². The van der Waals surface area contributed by atoms with E-state index in [1.807, 2.05) is 0 Å². The number of hydrogen-bond acceptors (Lipinski definition) is 8. The summed E-state index contributed by atoms with van der Waals surface area (Å²) in [6, 6.07) is 3.22. The fourth-order valence-corrected chi connectivity index (χ4v) is 7.72. The maximum Gasteiger partial charge on any atom is 0.341 e. The third-order valence-corrected chi connectivity index (χ3v) is 9.74. The largest absolute Gasteiger partial charge is 0.477 e. The number of nitrogens with zero attached hydrogens (tertiary/aromatic N) is 5. The van der Waals surface area contributed by atoms with Crippen molar-refractivity contribution in [3.05, 3.63) is 69.4 Å². The monoisotopic (exact) mass is 601 g/mol. The van der Waals surface area contributed by atoms with Gasteiger partial charge in [0.25, 0.3) is 0 Å². The third-order valence-electron chi connectivity index (χ3n) is 9.74. The second-order valence-corrected chi connectivity index (χ2v) is 12.1. The van der Waals surface area contributed by atoms with E-state index >= 15 is 8.78 Å². The minimum absolute atomic E-state index is 0.115. The molecule has 1 aromatic carbocycles. The summed E-state index contributed by atoms with van der Waals surface area (Å²) < 4.78 is 32.2. The summed E-state index contributed by atoms with van der Waals surface area (Å²) in [5.41, 5.74) is 6.53. The van der Waals surface area contributed by atoms with Crippen LogP contribution < -0.4 is 21.1 Å². The predicted octanol–water partition coefficient (Wildman–Crippen LogP) is 4.00. The molecule has 0 amide bonds. The topological polar surface area (TPSA) is 116 Å². The Morgan fingerprint density at radius 3 is 2.59 bits per heavy atom. The maximum absolute atomic E-state index is 15.8. The normalized spacial score (nSPS) is 20.2. The molecule has 3 atom stereocenters. The summed E-state index contributed by atoms with van der Waals surface area (Å²) in [5, 5.41) is 12.8. The van der Waals surface area contributed by atoms with E-state index in [-0.39, 0.29) is 16.6 Å². The Kier molecular flexibility index (Phi) is 6.58. The first-order valence-electron chi connectivity index (χ1n) is 14.7. The zero-order valence-electron chi connectivity index (χ0n) is 24.9. The first kappa shape index (κ1) is 28.2. The zero-order valence-corrected chi connectivity index (χ0v) is 24.9. The molecule has 0 radical (unpaired) electrons. The van der Waals surface area contributed by atoms with Crippen molar-refractivity contribution in [3.8, 4) is 22.3 Å². The number of pyridine rings is 3. The molecule has 0 unspecified atom stereocenters. The lowest BCUT2D eigenvalue weighted by atomic mass is 9.96. The predicted molar refractivity (Wildman–Crippen MR) is 165 cm³/mol. The van der Waals surface area contributed by atoms with E-state index in [1.165, 1.54) is 16.9 Å². The first-order valence-corrected chi connectivity index (χ1v) is 14.7. The van der Waals surface area contributed by atoms with E-state index in [9.17, 15) is 14.7 Å². The molecule has 4 aromatic rings. The highest BCUT2D eigenvalue weighted by atomic mass is 19.2. The van der Waals surface area contributed by atoms with Crippen LogP contribution in [0.3, 0.4) is 0 Å². The Labute approximate surface area is 252 Å². The number of rotatable bonds is 6. The smallest absolute Gasteiger partial charge is 0.341 e. The minimum atomic E-state index is -1.35. The molecule has 7 rings (SSSR count). The molecular weight excluding hydrogens is 568 g/mol. The van der Waals surface area contributed by atoms with Gasteiger partial charge in [0.05, 0.1) is 16.8 Å². The van der Waals surface area contributed by atoms with Gasteiger partial charge < -0.3 is 25.6 Å². The van der Waals surface area contributed by atoms with Crippen LogP contribution in [0.4, 0.5) is 20.2 Å². The van der Waals surface area contributed by atoms with Crippen molar-refractivity contribution in [2.75, 3.05) is 56.9 Å². The molecule has 1 aliphatic heterocycles. The summed E-state index contributed by atoms with van der Waals surface area (Å²) in [5.74, 6) is -2.35. The van der Waals surface area contributed by atoms with E-state index in [0.717, 1.165) is 31.6 Å². The molecule has 12 heteroatoms. The van der Waals surface area contributed by atoms with Gasteiger partial charge in [-0.2, -0.15) is 0 Å². The summed E-state index contributed by atoms with van der Waals surface area (Å²) >= 11 is 0. The number of aromatic nitrogens is 3. The molecule has 3 aromatic heterocycles. The molecule has 228 valence electrons. The van der Waals surface area contributed by atoms with Crippen LogP contribution in [0.25, 0.3) is 33.3 Å². The van der Waals surface area contributed by atoms with Gasteiger partial charge in [-0.15, -0.1) is 0 Å². The van der Waals surface area contributed by atoms with Gasteiger partial charge in [0, 0.05) is 92.2 Å². The standard InChI is InChI=1S/C32H33F2N7O3/c1-35-23-9-22(33)28(34)26-17(23)8-24-27(26)29(40-12-15-5-6-25(39(3)4)20(15)13-40)19(11-37-24)16-7-18-30(42)21(32(43)44)14-41(36-2)31(18)38-10-16/h7,9-11,14-15,20,25,35-36H,5-6,8,12-13H2,1-4H3,(H,43,44)/t15-,20+,25+/m0/s1. The molecule has 3 N–H and O–H groups in total. The summed E-state index contributed by atoms with van der Waals surface area (Å²) in [7, 11) is 7.48. The number of aromatic carboxylic acids is 1. The SMILES string of the molecule is CNc1cc(F)c(F)c2c1Cc1ncc(-c3cnc4c(c3)c(=O)c(C(=O)O)cn4NC)c(N3C[C@@H]4CC[C@@H](N(C)C)[C@@H]4C3)c1-2. The molecule has 2 aliphatic carbocycles. The van der Waals surface area contributed by atoms with E-state index in [0.29, 0.717) is 57.9 Å². The number of anilines is 2. The molecule has 1 saturated carbocycles. The van der Waals surface area contributed by atoms with E-state index in [4.69, 9.17) is 4.98 Å². The quantitative estimate of drug-likeness (QED) is 0.266. The minimum Gasteiger partial charge on any atom is -0.477 e. The lowest BCUT2D eigenvalue weighted by molar-refractivity contribution is 0.0695. The molecule has 0 bridgehead atoms. The highest BCUT2D eigenvalue weighted by Gasteiger charge is 2.45. The number of carbonyl (C=O) groups is 1. The molecule has 10 nitrogen and oxygen atoms in total. The van der Waals surface area contributed by atoms with Gasteiger partial charge >= 0.3 is 5.97 Å².